The summed E-state index contributed by atoms with van der Waals surface area (Å²) in [6.45, 7) is 4.98. The van der Waals surface area contributed by atoms with Crippen LogP contribution in [0.1, 0.15) is 24.0 Å². The van der Waals surface area contributed by atoms with Gasteiger partial charge >= 0.3 is 6.03 Å². The first kappa shape index (κ1) is 16.6. The summed E-state index contributed by atoms with van der Waals surface area (Å²) >= 11 is 1.64. The minimum Gasteiger partial charge on any atom is -0.467 e. The first-order valence-electron chi connectivity index (χ1n) is 7.45. The van der Waals surface area contributed by atoms with Crippen LogP contribution < -0.4 is 5.32 Å². The van der Waals surface area contributed by atoms with Crippen LogP contribution in [-0.2, 0) is 17.8 Å². The van der Waals surface area contributed by atoms with Crippen molar-refractivity contribution in [2.75, 3.05) is 19.8 Å². The van der Waals surface area contributed by atoms with Crippen LogP contribution in [0.3, 0.4) is 0 Å². The molecule has 0 bridgehead atoms. The van der Waals surface area contributed by atoms with Gasteiger partial charge in [-0.15, -0.1) is 11.3 Å². The van der Waals surface area contributed by atoms with Gasteiger partial charge in [-0.25, -0.2) is 4.79 Å². The lowest BCUT2D eigenvalue weighted by atomic mass is 10.3. The topological polar surface area (TPSA) is 54.7 Å². The summed E-state index contributed by atoms with van der Waals surface area (Å²) in [6, 6.07) is 7.65. The van der Waals surface area contributed by atoms with E-state index in [4.69, 9.17) is 9.15 Å². The third-order valence-corrected chi connectivity index (χ3v) is 3.95. The molecule has 0 saturated heterocycles. The average molecular weight is 322 g/mol. The van der Waals surface area contributed by atoms with E-state index in [-0.39, 0.29) is 6.03 Å². The number of nitrogens with one attached hydrogen (secondary N) is 1. The summed E-state index contributed by atoms with van der Waals surface area (Å²) in [5.74, 6) is 0.779. The first-order chi connectivity index (χ1) is 10.8. The Balaban J connectivity index is 1.86. The van der Waals surface area contributed by atoms with Gasteiger partial charge in [-0.2, -0.15) is 0 Å². The second kappa shape index (κ2) is 9.27. The number of thiophene rings is 1. The highest BCUT2D eigenvalue weighted by atomic mass is 32.1. The summed E-state index contributed by atoms with van der Waals surface area (Å²) in [4.78, 5) is 15.3. The molecule has 0 spiro atoms. The highest BCUT2D eigenvalue weighted by Crippen LogP contribution is 2.14. The molecule has 2 aromatic heterocycles. The van der Waals surface area contributed by atoms with E-state index in [1.165, 1.54) is 0 Å². The van der Waals surface area contributed by atoms with Crippen molar-refractivity contribution in [3.8, 4) is 0 Å². The lowest BCUT2D eigenvalue weighted by Gasteiger charge is -2.21. The van der Waals surface area contributed by atoms with Gasteiger partial charge in [0.05, 0.1) is 19.4 Å². The van der Waals surface area contributed by atoms with Crippen LogP contribution >= 0.6 is 11.3 Å². The van der Waals surface area contributed by atoms with Gasteiger partial charge < -0.3 is 19.4 Å². The van der Waals surface area contributed by atoms with Crippen LogP contribution in [0.5, 0.6) is 0 Å². The molecule has 0 atom stereocenters. The second-order valence-electron chi connectivity index (χ2n) is 4.80. The number of carbonyl (C=O) groups excluding carboxylic acids is 1. The minimum absolute atomic E-state index is 0.0821. The number of hydrogen-bond donors (Lipinski definition) is 1. The van der Waals surface area contributed by atoms with E-state index < -0.39 is 0 Å². The predicted octanol–water partition coefficient (Wildman–Crippen LogP) is 3.48. The van der Waals surface area contributed by atoms with Crippen molar-refractivity contribution in [1.82, 2.24) is 10.2 Å². The normalized spacial score (nSPS) is 10.6. The van der Waals surface area contributed by atoms with Gasteiger partial charge in [-0.3, -0.25) is 0 Å². The molecule has 6 heteroatoms. The van der Waals surface area contributed by atoms with E-state index in [0.29, 0.717) is 32.8 Å². The molecule has 2 rings (SSSR count). The van der Waals surface area contributed by atoms with Crippen molar-refractivity contribution in [1.29, 1.82) is 0 Å². The number of hydrogen-bond acceptors (Lipinski definition) is 4. The van der Waals surface area contributed by atoms with Crippen LogP contribution in [0.2, 0.25) is 0 Å². The third-order valence-electron chi connectivity index (χ3n) is 3.09. The Morgan fingerprint density at radius 1 is 1.36 bits per heavy atom. The van der Waals surface area contributed by atoms with E-state index in [0.717, 1.165) is 17.1 Å². The largest absolute Gasteiger partial charge is 0.467 e. The minimum atomic E-state index is -0.0821. The maximum atomic E-state index is 12.4. The maximum absolute atomic E-state index is 12.4. The Morgan fingerprint density at radius 2 is 2.27 bits per heavy atom. The molecule has 0 aliphatic rings. The molecule has 120 valence electrons. The van der Waals surface area contributed by atoms with E-state index in [2.05, 4.69) is 5.32 Å². The molecular formula is C16H22N2O3S. The smallest absolute Gasteiger partial charge is 0.318 e. The van der Waals surface area contributed by atoms with Crippen molar-refractivity contribution in [2.24, 2.45) is 0 Å². The fourth-order valence-corrected chi connectivity index (χ4v) is 2.73. The van der Waals surface area contributed by atoms with Crippen molar-refractivity contribution in [3.63, 3.8) is 0 Å². The standard InChI is InChI=1S/C16H22N2O3S/c1-2-20-9-5-8-17-16(19)18(12-14-6-3-10-21-14)13-15-7-4-11-22-15/h3-4,6-7,10-11H,2,5,8-9,12-13H2,1H3,(H,17,19). The summed E-state index contributed by atoms with van der Waals surface area (Å²) in [6.07, 6.45) is 2.44. The fourth-order valence-electron chi connectivity index (χ4n) is 2.01. The van der Waals surface area contributed by atoms with E-state index in [1.807, 2.05) is 36.6 Å². The molecule has 0 saturated carbocycles. The SMILES string of the molecule is CCOCCCNC(=O)N(Cc1ccco1)Cc1cccs1. The monoisotopic (exact) mass is 322 g/mol. The zero-order chi connectivity index (χ0) is 15.6. The molecule has 0 aliphatic heterocycles. The molecule has 0 aliphatic carbocycles. The van der Waals surface area contributed by atoms with Gasteiger partial charge in [0.15, 0.2) is 0 Å². The lowest BCUT2D eigenvalue weighted by molar-refractivity contribution is 0.143. The Hall–Kier alpha value is -1.79. The van der Waals surface area contributed by atoms with Crippen LogP contribution in [0.25, 0.3) is 0 Å². The van der Waals surface area contributed by atoms with Crippen LogP contribution in [0.15, 0.2) is 40.3 Å². The number of ether oxygens (including phenoxy) is 1. The molecule has 0 unspecified atom stereocenters. The van der Waals surface area contributed by atoms with Crippen molar-refractivity contribution in [3.05, 3.63) is 46.5 Å². The summed E-state index contributed by atoms with van der Waals surface area (Å²) in [7, 11) is 0. The number of amides is 2. The Labute approximate surface area is 134 Å². The number of nitrogens with zero attached hydrogens (tertiary/aromatic N) is 1. The van der Waals surface area contributed by atoms with Gasteiger partial charge in [-0.1, -0.05) is 6.07 Å². The molecular weight excluding hydrogens is 300 g/mol. The molecule has 5 nitrogen and oxygen atoms in total. The molecule has 0 aromatic carbocycles. The molecule has 2 heterocycles. The highest BCUT2D eigenvalue weighted by molar-refractivity contribution is 7.09. The summed E-state index contributed by atoms with van der Waals surface area (Å²) in [5.41, 5.74) is 0. The number of rotatable bonds is 9. The molecule has 2 amide bonds. The average Bonchev–Trinajstić information content (AvgIpc) is 3.20. The zero-order valence-electron chi connectivity index (χ0n) is 12.8. The predicted molar refractivity (Wildman–Crippen MR) is 86.8 cm³/mol. The zero-order valence-corrected chi connectivity index (χ0v) is 13.6. The van der Waals surface area contributed by atoms with Crippen LogP contribution in [0.4, 0.5) is 4.79 Å². The lowest BCUT2D eigenvalue weighted by Crippen LogP contribution is -2.39. The molecule has 0 fully saturated rings. The van der Waals surface area contributed by atoms with E-state index in [9.17, 15) is 4.79 Å². The summed E-state index contributed by atoms with van der Waals surface area (Å²) < 4.78 is 10.6. The van der Waals surface area contributed by atoms with Gasteiger partial charge in [0, 0.05) is 24.6 Å². The van der Waals surface area contributed by atoms with Gasteiger partial charge in [0.1, 0.15) is 5.76 Å². The molecule has 1 N–H and O–H groups in total. The van der Waals surface area contributed by atoms with Crippen molar-refractivity contribution < 1.29 is 13.9 Å². The van der Waals surface area contributed by atoms with Gasteiger partial charge in [0.25, 0.3) is 0 Å². The van der Waals surface area contributed by atoms with Gasteiger partial charge in [0.2, 0.25) is 0 Å². The summed E-state index contributed by atoms with van der Waals surface area (Å²) in [5, 5.41) is 4.95. The Bertz CT molecular complexity index is 489. The third kappa shape index (κ3) is 5.54. The number of carbonyl (C=O) groups is 1. The molecule has 2 aromatic rings. The molecule has 0 radical (unpaired) electrons. The quantitative estimate of drug-likeness (QED) is 0.719. The van der Waals surface area contributed by atoms with Crippen molar-refractivity contribution in [2.45, 2.75) is 26.4 Å². The van der Waals surface area contributed by atoms with Crippen LogP contribution in [0, 0.1) is 0 Å². The highest BCUT2D eigenvalue weighted by Gasteiger charge is 2.15. The van der Waals surface area contributed by atoms with Crippen LogP contribution in [-0.4, -0.2) is 30.7 Å². The maximum Gasteiger partial charge on any atom is 0.318 e. The molecule has 22 heavy (non-hydrogen) atoms. The van der Waals surface area contributed by atoms with E-state index >= 15 is 0 Å². The second-order valence-corrected chi connectivity index (χ2v) is 5.83. The first-order valence-corrected chi connectivity index (χ1v) is 8.33. The Kier molecular flexibility index (Phi) is 6.99. The van der Waals surface area contributed by atoms with Gasteiger partial charge in [-0.05, 0) is 36.9 Å². The number of furan rings is 1. The fraction of sp³-hybridized carbons (Fsp3) is 0.438. The van der Waals surface area contributed by atoms with E-state index in [1.54, 1.807) is 22.5 Å². The van der Waals surface area contributed by atoms with Crippen molar-refractivity contribution >= 4 is 17.4 Å². The Morgan fingerprint density at radius 3 is 2.95 bits per heavy atom. The number of urea groups is 1.